The molecule has 24 heavy (non-hydrogen) atoms. The van der Waals surface area contributed by atoms with E-state index in [-0.39, 0.29) is 6.10 Å². The molecule has 0 saturated heterocycles. The molecule has 0 spiro atoms. The molecule has 1 aromatic carbocycles. The van der Waals surface area contributed by atoms with E-state index >= 15 is 0 Å². The van der Waals surface area contributed by atoms with Crippen LogP contribution >= 0.6 is 0 Å². The summed E-state index contributed by atoms with van der Waals surface area (Å²) >= 11 is 0. The van der Waals surface area contributed by atoms with Gasteiger partial charge in [-0.3, -0.25) is 4.98 Å². The van der Waals surface area contributed by atoms with Gasteiger partial charge < -0.3 is 19.3 Å². The summed E-state index contributed by atoms with van der Waals surface area (Å²) in [5.74, 6) is 2.20. The van der Waals surface area contributed by atoms with Gasteiger partial charge in [-0.25, -0.2) is 0 Å². The molecule has 1 fully saturated rings. The Morgan fingerprint density at radius 1 is 1.17 bits per heavy atom. The molecule has 128 valence electrons. The number of pyridine rings is 1. The number of fused-ring (bicyclic) bond motifs is 2. The fraction of sp³-hybridized carbons (Fsp3) is 0.526. The van der Waals surface area contributed by atoms with Crippen molar-refractivity contribution in [3.05, 3.63) is 29.6 Å². The molecule has 5 heteroatoms. The lowest BCUT2D eigenvalue weighted by molar-refractivity contribution is -0.0577. The number of rotatable bonds is 3. The van der Waals surface area contributed by atoms with Gasteiger partial charge in [-0.05, 0) is 42.7 Å². The summed E-state index contributed by atoms with van der Waals surface area (Å²) in [6.07, 6.45) is 3.72. The fourth-order valence-corrected chi connectivity index (χ4v) is 4.57. The lowest BCUT2D eigenvalue weighted by Crippen LogP contribution is -2.41. The first-order valence-electron chi connectivity index (χ1n) is 8.41. The van der Waals surface area contributed by atoms with Gasteiger partial charge in [0.25, 0.3) is 0 Å². The molecule has 2 aliphatic rings. The van der Waals surface area contributed by atoms with Crippen LogP contribution in [-0.2, 0) is 11.2 Å². The van der Waals surface area contributed by atoms with E-state index in [4.69, 9.17) is 19.2 Å². The van der Waals surface area contributed by atoms with E-state index in [2.05, 4.69) is 0 Å². The number of hydrogen-bond acceptors (Lipinski definition) is 5. The van der Waals surface area contributed by atoms with Crippen LogP contribution in [0, 0.1) is 5.92 Å². The quantitative estimate of drug-likeness (QED) is 0.938. The molecule has 0 amide bonds. The van der Waals surface area contributed by atoms with Crippen LogP contribution < -0.4 is 9.47 Å². The normalized spacial score (nSPS) is 28.5. The van der Waals surface area contributed by atoms with E-state index in [0.29, 0.717) is 11.8 Å². The van der Waals surface area contributed by atoms with E-state index in [1.165, 1.54) is 5.39 Å². The van der Waals surface area contributed by atoms with Crippen LogP contribution in [0.3, 0.4) is 0 Å². The predicted octanol–water partition coefficient (Wildman–Crippen LogP) is 2.68. The molecule has 1 saturated carbocycles. The molecule has 5 nitrogen and oxygen atoms in total. The highest BCUT2D eigenvalue weighted by molar-refractivity contribution is 5.93. The summed E-state index contributed by atoms with van der Waals surface area (Å²) in [4.78, 5) is 4.71. The van der Waals surface area contributed by atoms with Crippen molar-refractivity contribution in [3.63, 3.8) is 0 Å². The SMILES string of the molecule is COc1cc2ccnc3c2c(c1OC)C[C@H]1C[C@@H](O)[C@@H](OC)C[C@H]31. The summed E-state index contributed by atoms with van der Waals surface area (Å²) in [5, 5.41) is 12.7. The van der Waals surface area contributed by atoms with Crippen LogP contribution in [0.5, 0.6) is 11.5 Å². The predicted molar refractivity (Wildman–Crippen MR) is 90.8 cm³/mol. The zero-order valence-corrected chi connectivity index (χ0v) is 14.3. The smallest absolute Gasteiger partial charge is 0.164 e. The molecule has 2 aromatic rings. The lowest BCUT2D eigenvalue weighted by Gasteiger charge is -2.41. The molecule has 0 radical (unpaired) electrons. The minimum Gasteiger partial charge on any atom is -0.493 e. The highest BCUT2D eigenvalue weighted by Crippen LogP contribution is 2.50. The molecule has 1 heterocycles. The van der Waals surface area contributed by atoms with Crippen molar-refractivity contribution in [1.82, 2.24) is 4.98 Å². The Morgan fingerprint density at radius 3 is 2.71 bits per heavy atom. The lowest BCUT2D eigenvalue weighted by atomic mass is 9.67. The summed E-state index contributed by atoms with van der Waals surface area (Å²) in [5.41, 5.74) is 2.26. The topological polar surface area (TPSA) is 60.8 Å². The summed E-state index contributed by atoms with van der Waals surface area (Å²) in [6.45, 7) is 0. The number of aromatic nitrogens is 1. The van der Waals surface area contributed by atoms with E-state index in [9.17, 15) is 5.11 Å². The monoisotopic (exact) mass is 329 g/mol. The third-order valence-corrected chi connectivity index (χ3v) is 5.67. The number of aliphatic hydroxyl groups excluding tert-OH is 1. The molecule has 0 bridgehead atoms. The Hall–Kier alpha value is -1.85. The van der Waals surface area contributed by atoms with Crippen molar-refractivity contribution < 1.29 is 19.3 Å². The maximum absolute atomic E-state index is 10.4. The van der Waals surface area contributed by atoms with Crippen molar-refractivity contribution >= 4 is 10.8 Å². The van der Waals surface area contributed by atoms with E-state index < -0.39 is 6.10 Å². The van der Waals surface area contributed by atoms with Crippen molar-refractivity contribution in [2.24, 2.45) is 5.92 Å². The molecule has 4 rings (SSSR count). The van der Waals surface area contributed by atoms with Gasteiger partial charge in [0.1, 0.15) is 0 Å². The first-order valence-corrected chi connectivity index (χ1v) is 8.41. The van der Waals surface area contributed by atoms with Gasteiger partial charge in [-0.2, -0.15) is 0 Å². The number of aliphatic hydroxyl groups is 1. The van der Waals surface area contributed by atoms with Crippen LogP contribution in [0.2, 0.25) is 0 Å². The van der Waals surface area contributed by atoms with Gasteiger partial charge in [0.15, 0.2) is 11.5 Å². The third-order valence-electron chi connectivity index (χ3n) is 5.67. The van der Waals surface area contributed by atoms with Gasteiger partial charge in [0, 0.05) is 30.2 Å². The number of hydrogen-bond donors (Lipinski definition) is 1. The van der Waals surface area contributed by atoms with Crippen molar-refractivity contribution in [1.29, 1.82) is 0 Å². The van der Waals surface area contributed by atoms with Crippen LogP contribution in [0.4, 0.5) is 0 Å². The summed E-state index contributed by atoms with van der Waals surface area (Å²) in [7, 11) is 5.02. The van der Waals surface area contributed by atoms with Gasteiger partial charge in [-0.15, -0.1) is 0 Å². The first kappa shape index (κ1) is 15.7. The van der Waals surface area contributed by atoms with Crippen LogP contribution in [-0.4, -0.2) is 43.6 Å². The van der Waals surface area contributed by atoms with Crippen molar-refractivity contribution in [2.75, 3.05) is 21.3 Å². The van der Waals surface area contributed by atoms with Gasteiger partial charge in [0.05, 0.1) is 32.1 Å². The van der Waals surface area contributed by atoms with Gasteiger partial charge >= 0.3 is 0 Å². The second kappa shape index (κ2) is 5.90. The Kier molecular flexibility index (Phi) is 3.85. The highest BCUT2D eigenvalue weighted by atomic mass is 16.5. The largest absolute Gasteiger partial charge is 0.493 e. The second-order valence-electron chi connectivity index (χ2n) is 6.77. The molecule has 1 aromatic heterocycles. The van der Waals surface area contributed by atoms with Crippen LogP contribution in [0.25, 0.3) is 10.8 Å². The van der Waals surface area contributed by atoms with Crippen molar-refractivity contribution in [3.8, 4) is 11.5 Å². The number of nitrogens with zero attached hydrogens (tertiary/aromatic N) is 1. The maximum Gasteiger partial charge on any atom is 0.164 e. The molecule has 1 N–H and O–H groups in total. The summed E-state index contributed by atoms with van der Waals surface area (Å²) in [6, 6.07) is 4.05. The minimum absolute atomic E-state index is 0.120. The van der Waals surface area contributed by atoms with Crippen molar-refractivity contribution in [2.45, 2.75) is 37.4 Å². The standard InChI is InChI=1S/C19H23NO4/c1-22-15-9-12-11(7-14(15)21)6-13-17-10(4-5-20-18(12)17)8-16(23-2)19(13)24-3/h4-5,8,11-12,14-15,21H,6-7,9H2,1-3H3/t11-,12-,14+,15-/m0/s1. The zero-order chi connectivity index (χ0) is 16.8. The Bertz CT molecular complexity index is 776. The number of ether oxygens (including phenoxy) is 3. The molecule has 4 atom stereocenters. The van der Waals surface area contributed by atoms with Gasteiger partial charge in [0.2, 0.25) is 0 Å². The fourth-order valence-electron chi connectivity index (χ4n) is 4.57. The third kappa shape index (κ3) is 2.19. The number of benzene rings is 1. The first-order chi connectivity index (χ1) is 11.7. The van der Waals surface area contributed by atoms with E-state index in [1.54, 1.807) is 21.3 Å². The maximum atomic E-state index is 10.4. The molecular formula is C19H23NO4. The highest BCUT2D eigenvalue weighted by Gasteiger charge is 2.42. The molecule has 0 unspecified atom stereocenters. The number of methoxy groups -OCH3 is 3. The average Bonchev–Trinajstić information content (AvgIpc) is 2.61. The van der Waals surface area contributed by atoms with Crippen LogP contribution in [0.1, 0.15) is 30.0 Å². The Labute approximate surface area is 141 Å². The Morgan fingerprint density at radius 2 is 2.00 bits per heavy atom. The molecular weight excluding hydrogens is 306 g/mol. The van der Waals surface area contributed by atoms with Crippen LogP contribution in [0.15, 0.2) is 18.3 Å². The second-order valence-corrected chi connectivity index (χ2v) is 6.77. The molecule has 0 aliphatic heterocycles. The van der Waals surface area contributed by atoms with E-state index in [1.807, 2.05) is 18.3 Å². The average molecular weight is 329 g/mol. The zero-order valence-electron chi connectivity index (χ0n) is 14.3. The summed E-state index contributed by atoms with van der Waals surface area (Å²) < 4.78 is 16.7. The van der Waals surface area contributed by atoms with Gasteiger partial charge in [-0.1, -0.05) is 0 Å². The van der Waals surface area contributed by atoms with E-state index in [0.717, 1.165) is 47.4 Å². The Balaban J connectivity index is 1.92. The minimum atomic E-state index is -0.423. The molecule has 2 aliphatic carbocycles.